The molecule has 2 aromatic carbocycles. The van der Waals surface area contributed by atoms with E-state index in [1.165, 1.54) is 6.20 Å². The molecule has 1 atom stereocenters. The number of aromatic nitrogens is 3. The molecule has 0 fully saturated rings. The number of benzene rings is 2. The van der Waals surface area contributed by atoms with E-state index in [0.717, 1.165) is 11.6 Å². The lowest BCUT2D eigenvalue weighted by atomic mass is 10.2. The first kappa shape index (κ1) is 28.5. The van der Waals surface area contributed by atoms with Gasteiger partial charge in [0, 0.05) is 11.8 Å². The van der Waals surface area contributed by atoms with Crippen LogP contribution in [0.2, 0.25) is 5.02 Å². The summed E-state index contributed by atoms with van der Waals surface area (Å²) >= 11 is 5.72. The van der Waals surface area contributed by atoms with Crippen LogP contribution in [0.15, 0.2) is 71.4 Å². The fourth-order valence-corrected chi connectivity index (χ4v) is 3.51. The van der Waals surface area contributed by atoms with Crippen molar-refractivity contribution in [3.8, 4) is 23.0 Å². The van der Waals surface area contributed by atoms with E-state index in [4.69, 9.17) is 30.3 Å². The van der Waals surface area contributed by atoms with Crippen LogP contribution >= 0.6 is 11.6 Å². The summed E-state index contributed by atoms with van der Waals surface area (Å²) in [5.41, 5.74) is 0.579. The van der Waals surface area contributed by atoms with Gasteiger partial charge in [-0.1, -0.05) is 47.1 Å². The number of hydrogen-bond donors (Lipinski definition) is 1. The normalized spacial score (nSPS) is 11.9. The van der Waals surface area contributed by atoms with Gasteiger partial charge in [0.15, 0.2) is 5.82 Å². The standard InChI is InChI=1S/C28H26ClFN4O6/c1-28(2,3)39-27(36)32-22(26(35)37-16-17-7-5-4-6-8-17)14-23-33-24(34-40-23)18-9-11-20(12-10-18)38-25-21(30)13-19(29)15-31-25/h4-13,15,22H,14,16H2,1-3H3,(H,32,36)/t22-/m0/s1. The topological polar surface area (TPSA) is 126 Å². The maximum absolute atomic E-state index is 14.0. The lowest BCUT2D eigenvalue weighted by Crippen LogP contribution is -2.45. The highest BCUT2D eigenvalue weighted by Crippen LogP contribution is 2.26. The molecule has 12 heteroatoms. The van der Waals surface area contributed by atoms with Gasteiger partial charge in [-0.2, -0.15) is 4.98 Å². The molecule has 208 valence electrons. The van der Waals surface area contributed by atoms with Gasteiger partial charge in [0.25, 0.3) is 5.88 Å². The lowest BCUT2D eigenvalue weighted by Gasteiger charge is -2.22. The van der Waals surface area contributed by atoms with Gasteiger partial charge in [0.2, 0.25) is 11.7 Å². The molecule has 0 aliphatic heterocycles. The minimum Gasteiger partial charge on any atom is -0.459 e. The number of ether oxygens (including phenoxy) is 3. The van der Waals surface area contributed by atoms with Crippen molar-refractivity contribution in [2.24, 2.45) is 0 Å². The Morgan fingerprint density at radius 3 is 2.50 bits per heavy atom. The van der Waals surface area contributed by atoms with E-state index in [1.807, 2.05) is 30.3 Å². The summed E-state index contributed by atoms with van der Waals surface area (Å²) in [6, 6.07) is 15.5. The average molecular weight is 569 g/mol. The molecule has 0 saturated carbocycles. The Morgan fingerprint density at radius 2 is 1.82 bits per heavy atom. The summed E-state index contributed by atoms with van der Waals surface area (Å²) in [6.07, 6.45) is 0.344. The van der Waals surface area contributed by atoms with Crippen molar-refractivity contribution < 1.29 is 32.7 Å². The van der Waals surface area contributed by atoms with E-state index in [1.54, 1.807) is 45.0 Å². The minimum absolute atomic E-state index is 0.0190. The fraction of sp³-hybridized carbons (Fsp3) is 0.250. The molecule has 10 nitrogen and oxygen atoms in total. The Labute approximate surface area is 234 Å². The molecule has 0 unspecified atom stereocenters. The zero-order valence-corrected chi connectivity index (χ0v) is 22.6. The van der Waals surface area contributed by atoms with Crippen molar-refractivity contribution in [1.82, 2.24) is 20.4 Å². The molecule has 1 N–H and O–H groups in total. The molecule has 0 aliphatic carbocycles. The summed E-state index contributed by atoms with van der Waals surface area (Å²) in [6.45, 7) is 5.14. The van der Waals surface area contributed by atoms with Crippen LogP contribution in [0.5, 0.6) is 11.6 Å². The van der Waals surface area contributed by atoms with Gasteiger partial charge in [-0.3, -0.25) is 0 Å². The lowest BCUT2D eigenvalue weighted by molar-refractivity contribution is -0.147. The fourth-order valence-electron chi connectivity index (χ4n) is 3.36. The Morgan fingerprint density at radius 1 is 1.10 bits per heavy atom. The Hall–Kier alpha value is -4.51. The van der Waals surface area contributed by atoms with Crippen molar-refractivity contribution in [1.29, 1.82) is 0 Å². The van der Waals surface area contributed by atoms with Gasteiger partial charge in [-0.15, -0.1) is 0 Å². The number of pyridine rings is 1. The highest BCUT2D eigenvalue weighted by Gasteiger charge is 2.28. The first-order chi connectivity index (χ1) is 19.1. The van der Waals surface area contributed by atoms with Crippen molar-refractivity contribution in [3.63, 3.8) is 0 Å². The van der Waals surface area contributed by atoms with Gasteiger partial charge < -0.3 is 24.1 Å². The summed E-state index contributed by atoms with van der Waals surface area (Å²) < 4.78 is 35.5. The highest BCUT2D eigenvalue weighted by atomic mass is 35.5. The summed E-state index contributed by atoms with van der Waals surface area (Å²) in [5, 5.41) is 6.63. The first-order valence-corrected chi connectivity index (χ1v) is 12.6. The number of rotatable bonds is 9. The van der Waals surface area contributed by atoms with Crippen LogP contribution in [-0.2, 0) is 27.3 Å². The third-order valence-electron chi connectivity index (χ3n) is 5.15. The first-order valence-electron chi connectivity index (χ1n) is 12.2. The zero-order chi connectivity index (χ0) is 28.7. The van der Waals surface area contributed by atoms with Crippen LogP contribution in [0.1, 0.15) is 32.2 Å². The molecular weight excluding hydrogens is 543 g/mol. The predicted molar refractivity (Wildman–Crippen MR) is 142 cm³/mol. The molecule has 0 radical (unpaired) electrons. The Kier molecular flexibility index (Phi) is 8.95. The molecule has 4 rings (SSSR count). The van der Waals surface area contributed by atoms with Crippen molar-refractivity contribution in [2.45, 2.75) is 45.4 Å². The van der Waals surface area contributed by atoms with Crippen LogP contribution in [0.4, 0.5) is 9.18 Å². The summed E-state index contributed by atoms with van der Waals surface area (Å²) in [5.74, 6) is -0.979. The molecule has 40 heavy (non-hydrogen) atoms. The average Bonchev–Trinajstić information content (AvgIpc) is 3.37. The maximum Gasteiger partial charge on any atom is 0.408 e. The molecule has 4 aromatic rings. The third kappa shape index (κ3) is 8.24. The molecule has 0 bridgehead atoms. The summed E-state index contributed by atoms with van der Waals surface area (Å²) in [4.78, 5) is 33.5. The number of alkyl carbamates (subject to hydrolysis) is 1. The van der Waals surface area contributed by atoms with Crippen LogP contribution < -0.4 is 10.1 Å². The number of halogens is 2. The van der Waals surface area contributed by atoms with Gasteiger partial charge in [0.05, 0.1) is 11.4 Å². The van der Waals surface area contributed by atoms with Crippen LogP contribution in [0.3, 0.4) is 0 Å². The van der Waals surface area contributed by atoms with E-state index in [-0.39, 0.29) is 35.6 Å². The van der Waals surface area contributed by atoms with E-state index in [2.05, 4.69) is 20.4 Å². The van der Waals surface area contributed by atoms with Gasteiger partial charge in [-0.05, 0) is 56.7 Å². The zero-order valence-electron chi connectivity index (χ0n) is 21.9. The Bertz CT molecular complexity index is 1460. The van der Waals surface area contributed by atoms with Crippen LogP contribution in [0.25, 0.3) is 11.4 Å². The highest BCUT2D eigenvalue weighted by molar-refractivity contribution is 6.30. The van der Waals surface area contributed by atoms with Crippen LogP contribution in [-0.4, -0.2) is 38.8 Å². The van der Waals surface area contributed by atoms with Crippen molar-refractivity contribution >= 4 is 23.7 Å². The monoisotopic (exact) mass is 568 g/mol. The van der Waals surface area contributed by atoms with E-state index in [9.17, 15) is 14.0 Å². The number of esters is 1. The van der Waals surface area contributed by atoms with Gasteiger partial charge in [0.1, 0.15) is 24.0 Å². The molecule has 0 saturated heterocycles. The quantitative estimate of drug-likeness (QED) is 0.246. The molecule has 0 aliphatic rings. The smallest absolute Gasteiger partial charge is 0.408 e. The molecule has 0 spiro atoms. The molecular formula is C28H26ClFN4O6. The second-order valence-corrected chi connectivity index (χ2v) is 10.0. The second kappa shape index (κ2) is 12.6. The SMILES string of the molecule is CC(C)(C)OC(=O)N[C@@H](Cc1nc(-c2ccc(Oc3ncc(Cl)cc3F)cc2)no1)C(=O)OCc1ccccc1. The largest absolute Gasteiger partial charge is 0.459 e. The van der Waals surface area contributed by atoms with Gasteiger partial charge >= 0.3 is 12.1 Å². The third-order valence-corrected chi connectivity index (χ3v) is 5.35. The minimum atomic E-state index is -1.15. The predicted octanol–water partition coefficient (Wildman–Crippen LogP) is 5.90. The molecule has 2 heterocycles. The number of amides is 1. The number of nitrogens with one attached hydrogen (secondary N) is 1. The molecule has 2 aromatic heterocycles. The van der Waals surface area contributed by atoms with Crippen LogP contribution in [0, 0.1) is 5.82 Å². The van der Waals surface area contributed by atoms with E-state index in [0.29, 0.717) is 11.3 Å². The van der Waals surface area contributed by atoms with E-state index < -0.39 is 29.5 Å². The maximum atomic E-state index is 14.0. The van der Waals surface area contributed by atoms with Crippen molar-refractivity contribution in [2.75, 3.05) is 0 Å². The van der Waals surface area contributed by atoms with Crippen molar-refractivity contribution in [3.05, 3.63) is 89.2 Å². The summed E-state index contributed by atoms with van der Waals surface area (Å²) in [7, 11) is 0. The Balaban J connectivity index is 1.44. The molecule has 1 amide bonds. The number of nitrogens with zero attached hydrogens (tertiary/aromatic N) is 3. The van der Waals surface area contributed by atoms with E-state index >= 15 is 0 Å². The number of carbonyl (C=O) groups is 2. The number of carbonyl (C=O) groups excluding carboxylic acids is 2. The number of hydrogen-bond acceptors (Lipinski definition) is 9. The second-order valence-electron chi connectivity index (χ2n) is 9.57. The van der Waals surface area contributed by atoms with Gasteiger partial charge in [-0.25, -0.2) is 19.0 Å².